The number of ether oxygens (including phenoxy) is 1. The number of amides is 2. The van der Waals surface area contributed by atoms with Gasteiger partial charge >= 0.3 is 6.09 Å². The third-order valence-electron chi connectivity index (χ3n) is 6.14. The smallest absolute Gasteiger partial charge is 0.410 e. The van der Waals surface area contributed by atoms with Crippen molar-refractivity contribution in [2.24, 2.45) is 7.05 Å². The number of rotatable bonds is 4. The van der Waals surface area contributed by atoms with Gasteiger partial charge in [-0.25, -0.2) is 4.79 Å². The Morgan fingerprint density at radius 1 is 1.11 bits per heavy atom. The molecule has 0 bridgehead atoms. The third-order valence-corrected chi connectivity index (χ3v) is 6.98. The molecule has 186 valence electrons. The Morgan fingerprint density at radius 2 is 1.92 bits per heavy atom. The van der Waals surface area contributed by atoms with Gasteiger partial charge in [-0.2, -0.15) is 0 Å². The number of para-hydroxylation sites is 1. The molecule has 0 saturated heterocycles. The second kappa shape index (κ2) is 9.39. The number of hydrogen-bond acceptors (Lipinski definition) is 6. The molecule has 9 heteroatoms. The van der Waals surface area contributed by atoms with Gasteiger partial charge in [0, 0.05) is 49.2 Å². The van der Waals surface area contributed by atoms with Crippen molar-refractivity contribution in [1.29, 1.82) is 0 Å². The molecule has 1 N–H and O–H groups in total. The Balaban J connectivity index is 1.24. The molecule has 2 amide bonds. The maximum absolute atomic E-state index is 12.9. The van der Waals surface area contributed by atoms with E-state index < -0.39 is 5.60 Å². The van der Waals surface area contributed by atoms with Crippen LogP contribution in [0.3, 0.4) is 0 Å². The van der Waals surface area contributed by atoms with E-state index >= 15 is 0 Å². The van der Waals surface area contributed by atoms with E-state index in [1.165, 1.54) is 27.8 Å². The average Bonchev–Trinajstić information content (AvgIpc) is 3.41. The zero-order valence-corrected chi connectivity index (χ0v) is 21.7. The SMILES string of the molecule is Cn1cc(Cc2nnc(NC(=O)c3ccc4c(c3)CCN(C(=O)OC(C)(C)C)C4)s2)c2ccccc21. The van der Waals surface area contributed by atoms with Crippen LogP contribution in [0.1, 0.15) is 52.8 Å². The molecule has 0 radical (unpaired) electrons. The van der Waals surface area contributed by atoms with Gasteiger partial charge in [0.05, 0.1) is 0 Å². The Hall–Kier alpha value is -3.72. The van der Waals surface area contributed by atoms with Crippen molar-refractivity contribution in [3.63, 3.8) is 0 Å². The number of fused-ring (bicyclic) bond motifs is 2. The second-order valence-electron chi connectivity index (χ2n) is 10.0. The number of carbonyl (C=O) groups is 2. The van der Waals surface area contributed by atoms with Gasteiger partial charge in [-0.05, 0) is 62.1 Å². The highest BCUT2D eigenvalue weighted by molar-refractivity contribution is 7.15. The van der Waals surface area contributed by atoms with Gasteiger partial charge in [0.1, 0.15) is 10.6 Å². The summed E-state index contributed by atoms with van der Waals surface area (Å²) in [6.07, 6.45) is 3.12. The molecule has 0 unspecified atom stereocenters. The molecule has 0 saturated carbocycles. The minimum absolute atomic E-state index is 0.222. The molecule has 2 aromatic heterocycles. The van der Waals surface area contributed by atoms with Gasteiger partial charge in [-0.3, -0.25) is 10.1 Å². The van der Waals surface area contributed by atoms with Crippen LogP contribution in [0.4, 0.5) is 9.93 Å². The normalized spacial score (nSPS) is 13.5. The molecule has 3 heterocycles. The fraction of sp³-hybridized carbons (Fsp3) is 0.333. The first-order valence-electron chi connectivity index (χ1n) is 11.9. The standard InChI is InChI=1S/C27H29N5O3S/c1-27(2,3)35-26(34)32-12-11-17-13-18(9-10-19(17)16-32)24(33)28-25-30-29-23(36-25)14-20-15-31(4)22-8-6-5-7-21(20)22/h5-10,13,15H,11-12,14,16H2,1-4H3,(H,28,30,33). The average molecular weight is 504 g/mol. The van der Waals surface area contributed by atoms with E-state index in [9.17, 15) is 9.59 Å². The van der Waals surface area contributed by atoms with Crippen molar-refractivity contribution in [2.45, 2.75) is 45.8 Å². The van der Waals surface area contributed by atoms with E-state index in [1.54, 1.807) is 11.0 Å². The summed E-state index contributed by atoms with van der Waals surface area (Å²) in [4.78, 5) is 27.0. The maximum atomic E-state index is 12.9. The summed E-state index contributed by atoms with van der Waals surface area (Å²) in [6.45, 7) is 6.61. The summed E-state index contributed by atoms with van der Waals surface area (Å²) in [7, 11) is 2.03. The highest BCUT2D eigenvalue weighted by Gasteiger charge is 2.26. The highest BCUT2D eigenvalue weighted by Crippen LogP contribution is 2.26. The molecule has 8 nitrogen and oxygen atoms in total. The maximum Gasteiger partial charge on any atom is 0.410 e. The first-order chi connectivity index (χ1) is 17.2. The zero-order valence-electron chi connectivity index (χ0n) is 20.9. The minimum atomic E-state index is -0.529. The molecule has 0 spiro atoms. The van der Waals surface area contributed by atoms with Crippen LogP contribution in [-0.2, 0) is 31.2 Å². The number of anilines is 1. The number of nitrogens with one attached hydrogen (secondary N) is 1. The van der Waals surface area contributed by atoms with Gasteiger partial charge in [0.2, 0.25) is 5.13 Å². The lowest BCUT2D eigenvalue weighted by atomic mass is 9.97. The van der Waals surface area contributed by atoms with Crippen LogP contribution in [0.2, 0.25) is 0 Å². The Labute approximate surface area is 213 Å². The molecule has 0 fully saturated rings. The molecule has 36 heavy (non-hydrogen) atoms. The van der Waals surface area contributed by atoms with Crippen molar-refractivity contribution in [3.8, 4) is 0 Å². The Kier molecular flexibility index (Phi) is 6.26. The van der Waals surface area contributed by atoms with E-state index in [0.717, 1.165) is 16.1 Å². The van der Waals surface area contributed by atoms with Crippen molar-refractivity contribution >= 4 is 39.4 Å². The summed E-state index contributed by atoms with van der Waals surface area (Å²) in [5, 5.41) is 13.9. The van der Waals surface area contributed by atoms with Crippen molar-refractivity contribution in [1.82, 2.24) is 19.7 Å². The summed E-state index contributed by atoms with van der Waals surface area (Å²) in [5.41, 5.74) is 4.47. The quantitative estimate of drug-likeness (QED) is 0.415. The van der Waals surface area contributed by atoms with Gasteiger partial charge in [-0.15, -0.1) is 10.2 Å². The predicted octanol–water partition coefficient (Wildman–Crippen LogP) is 5.17. The van der Waals surface area contributed by atoms with E-state index in [1.807, 2.05) is 52.1 Å². The van der Waals surface area contributed by atoms with Crippen LogP contribution in [0, 0.1) is 0 Å². The summed E-state index contributed by atoms with van der Waals surface area (Å²) in [5.74, 6) is -0.222. The number of nitrogens with zero attached hydrogens (tertiary/aromatic N) is 4. The fourth-order valence-electron chi connectivity index (χ4n) is 4.45. The first-order valence-corrected chi connectivity index (χ1v) is 12.7. The van der Waals surface area contributed by atoms with E-state index in [-0.39, 0.29) is 12.0 Å². The van der Waals surface area contributed by atoms with Gasteiger partial charge < -0.3 is 14.2 Å². The minimum Gasteiger partial charge on any atom is -0.444 e. The van der Waals surface area contributed by atoms with Crippen LogP contribution in [-0.4, -0.2) is 43.8 Å². The predicted molar refractivity (Wildman–Crippen MR) is 140 cm³/mol. The van der Waals surface area contributed by atoms with Crippen LogP contribution in [0.15, 0.2) is 48.7 Å². The lowest BCUT2D eigenvalue weighted by Crippen LogP contribution is -2.39. The van der Waals surface area contributed by atoms with Gasteiger partial charge in [0.15, 0.2) is 0 Å². The lowest BCUT2D eigenvalue weighted by molar-refractivity contribution is 0.0224. The number of carbonyl (C=O) groups excluding carboxylic acids is 2. The molecule has 1 aliphatic heterocycles. The molecule has 1 aliphatic rings. The van der Waals surface area contributed by atoms with Crippen LogP contribution < -0.4 is 5.32 Å². The zero-order chi connectivity index (χ0) is 25.4. The first kappa shape index (κ1) is 24.0. The lowest BCUT2D eigenvalue weighted by Gasteiger charge is -2.31. The number of aryl methyl sites for hydroxylation is 1. The van der Waals surface area contributed by atoms with E-state index in [4.69, 9.17) is 4.74 Å². The van der Waals surface area contributed by atoms with Crippen molar-refractivity contribution in [2.75, 3.05) is 11.9 Å². The van der Waals surface area contributed by atoms with Crippen LogP contribution >= 0.6 is 11.3 Å². The fourth-order valence-corrected chi connectivity index (χ4v) is 5.21. The number of hydrogen-bond donors (Lipinski definition) is 1. The highest BCUT2D eigenvalue weighted by atomic mass is 32.1. The van der Waals surface area contributed by atoms with Gasteiger partial charge in [-0.1, -0.05) is 35.6 Å². The molecule has 4 aromatic rings. The number of aromatic nitrogens is 3. The van der Waals surface area contributed by atoms with Crippen molar-refractivity contribution in [3.05, 3.63) is 75.9 Å². The second-order valence-corrected chi connectivity index (χ2v) is 11.1. The molecular weight excluding hydrogens is 474 g/mol. The molecule has 2 aromatic carbocycles. The van der Waals surface area contributed by atoms with Crippen LogP contribution in [0.5, 0.6) is 0 Å². The molecular formula is C27H29N5O3S. The molecule has 0 atom stereocenters. The largest absolute Gasteiger partial charge is 0.444 e. The topological polar surface area (TPSA) is 89.4 Å². The Morgan fingerprint density at radius 3 is 2.72 bits per heavy atom. The Bertz CT molecular complexity index is 1450. The van der Waals surface area contributed by atoms with E-state index in [2.05, 4.69) is 38.4 Å². The summed E-state index contributed by atoms with van der Waals surface area (Å²) >= 11 is 1.38. The summed E-state index contributed by atoms with van der Waals surface area (Å²) in [6, 6.07) is 13.9. The van der Waals surface area contributed by atoms with Crippen molar-refractivity contribution < 1.29 is 14.3 Å². The van der Waals surface area contributed by atoms with E-state index in [0.29, 0.717) is 36.6 Å². The molecule has 5 rings (SSSR count). The summed E-state index contributed by atoms with van der Waals surface area (Å²) < 4.78 is 7.60. The number of benzene rings is 2. The van der Waals surface area contributed by atoms with Gasteiger partial charge in [0.25, 0.3) is 5.91 Å². The van der Waals surface area contributed by atoms with Crippen LogP contribution in [0.25, 0.3) is 10.9 Å². The monoisotopic (exact) mass is 503 g/mol. The third kappa shape index (κ3) is 5.11. The molecule has 0 aliphatic carbocycles.